The molecule has 0 saturated heterocycles. The van der Waals surface area contributed by atoms with Gasteiger partial charge in [0.2, 0.25) is 0 Å². The Labute approximate surface area is 296 Å². The minimum Gasteiger partial charge on any atom is -0.311 e. The maximum atomic E-state index is 3.84. The number of hydrogen-bond acceptors (Lipinski definition) is 2. The van der Waals surface area contributed by atoms with Crippen molar-refractivity contribution in [3.8, 4) is 5.69 Å². The van der Waals surface area contributed by atoms with Crippen molar-refractivity contribution >= 4 is 111 Å². The van der Waals surface area contributed by atoms with Crippen LogP contribution in [0.4, 0.5) is 34.1 Å². The van der Waals surface area contributed by atoms with Gasteiger partial charge in [0.1, 0.15) is 0 Å². The molecule has 8 aromatic rings. The van der Waals surface area contributed by atoms with Gasteiger partial charge in [-0.05, 0) is 89.2 Å². The van der Waals surface area contributed by atoms with Gasteiger partial charge in [-0.3, -0.25) is 0 Å². The molecule has 7 aromatic carbocycles. The SMILES string of the molecule is Brc1ccc2c(c1)B1c3cc(Br)ccc3N(c3ccccc3)c3cc(-n4c5ccccc5c5ccccc54)cc(c31)N2c1ccccc1. The van der Waals surface area contributed by atoms with E-state index in [4.69, 9.17) is 0 Å². The summed E-state index contributed by atoms with van der Waals surface area (Å²) in [7, 11) is 0. The number of para-hydroxylation sites is 4. The van der Waals surface area contributed by atoms with E-state index in [9.17, 15) is 0 Å². The molecule has 10 rings (SSSR count). The van der Waals surface area contributed by atoms with Crippen molar-refractivity contribution in [2.24, 2.45) is 0 Å². The minimum absolute atomic E-state index is 0.0297. The largest absolute Gasteiger partial charge is 0.311 e. The van der Waals surface area contributed by atoms with Crippen LogP contribution in [0.1, 0.15) is 0 Å². The fourth-order valence-corrected chi connectivity index (χ4v) is 8.73. The van der Waals surface area contributed by atoms with Gasteiger partial charge in [0.15, 0.2) is 0 Å². The molecule has 48 heavy (non-hydrogen) atoms. The summed E-state index contributed by atoms with van der Waals surface area (Å²) < 4.78 is 4.59. The molecule has 3 nitrogen and oxygen atoms in total. The normalized spacial score (nSPS) is 13.1. The molecule has 226 valence electrons. The fraction of sp³-hybridized carbons (Fsp3) is 0. The van der Waals surface area contributed by atoms with Gasteiger partial charge in [-0.15, -0.1) is 0 Å². The number of halogens is 2. The number of rotatable bonds is 3. The fourth-order valence-electron chi connectivity index (χ4n) is 7.97. The van der Waals surface area contributed by atoms with E-state index < -0.39 is 0 Å². The molecule has 0 atom stereocenters. The van der Waals surface area contributed by atoms with E-state index in [1.165, 1.54) is 60.9 Å². The van der Waals surface area contributed by atoms with Crippen LogP contribution in [0.15, 0.2) is 167 Å². The number of fused-ring (bicyclic) bond motifs is 7. The second kappa shape index (κ2) is 10.7. The summed E-state index contributed by atoms with van der Waals surface area (Å²) in [5.74, 6) is 0. The zero-order chi connectivity index (χ0) is 31.9. The van der Waals surface area contributed by atoms with Crippen LogP contribution < -0.4 is 26.2 Å². The summed E-state index contributed by atoms with van der Waals surface area (Å²) in [5, 5.41) is 2.50. The second-order valence-electron chi connectivity index (χ2n) is 12.4. The molecule has 0 aliphatic carbocycles. The van der Waals surface area contributed by atoms with Gasteiger partial charge in [-0.1, -0.05) is 117 Å². The van der Waals surface area contributed by atoms with Crippen molar-refractivity contribution in [3.05, 3.63) is 167 Å². The molecule has 6 heteroatoms. The lowest BCUT2D eigenvalue weighted by Crippen LogP contribution is -2.61. The Morgan fingerprint density at radius 1 is 0.396 bits per heavy atom. The van der Waals surface area contributed by atoms with Crippen LogP contribution in [0.2, 0.25) is 0 Å². The van der Waals surface area contributed by atoms with Gasteiger partial charge in [0, 0.05) is 53.8 Å². The van der Waals surface area contributed by atoms with E-state index in [2.05, 4.69) is 204 Å². The Morgan fingerprint density at radius 3 is 1.31 bits per heavy atom. The average molecular weight is 743 g/mol. The Kier molecular flexibility index (Phi) is 6.27. The lowest BCUT2D eigenvalue weighted by Gasteiger charge is -2.44. The minimum atomic E-state index is 0.0297. The first-order valence-corrected chi connectivity index (χ1v) is 17.7. The number of aromatic nitrogens is 1. The maximum Gasteiger partial charge on any atom is 0.252 e. The third-order valence-electron chi connectivity index (χ3n) is 9.84. The van der Waals surface area contributed by atoms with Crippen LogP contribution in [-0.4, -0.2) is 11.3 Å². The van der Waals surface area contributed by atoms with Crippen LogP contribution >= 0.6 is 31.9 Å². The Hall–Kier alpha value is -5.04. The van der Waals surface area contributed by atoms with Crippen LogP contribution in [0.3, 0.4) is 0 Å². The zero-order valence-electron chi connectivity index (χ0n) is 25.7. The predicted molar refractivity (Wildman–Crippen MR) is 210 cm³/mol. The van der Waals surface area contributed by atoms with Crippen LogP contribution in [0, 0.1) is 0 Å². The highest BCUT2D eigenvalue weighted by Gasteiger charge is 2.44. The third-order valence-corrected chi connectivity index (χ3v) is 10.8. The molecule has 2 aliphatic rings. The van der Waals surface area contributed by atoms with Crippen LogP contribution in [0.25, 0.3) is 27.5 Å². The third kappa shape index (κ3) is 4.06. The first-order valence-electron chi connectivity index (χ1n) is 16.1. The highest BCUT2D eigenvalue weighted by Crippen LogP contribution is 2.46. The van der Waals surface area contributed by atoms with Crippen molar-refractivity contribution in [2.45, 2.75) is 0 Å². The van der Waals surface area contributed by atoms with Crippen LogP contribution in [0.5, 0.6) is 0 Å². The van der Waals surface area contributed by atoms with Gasteiger partial charge in [0.25, 0.3) is 6.71 Å². The Morgan fingerprint density at radius 2 is 0.833 bits per heavy atom. The monoisotopic (exact) mass is 741 g/mol. The molecule has 0 radical (unpaired) electrons. The van der Waals surface area contributed by atoms with Crippen LogP contribution in [-0.2, 0) is 0 Å². The number of nitrogens with zero attached hydrogens (tertiary/aromatic N) is 3. The molecule has 2 aliphatic heterocycles. The molecule has 0 unspecified atom stereocenters. The molecule has 0 saturated carbocycles. The summed E-state index contributed by atoms with van der Waals surface area (Å²) in [6.07, 6.45) is 0. The molecule has 3 heterocycles. The van der Waals surface area contributed by atoms with Crippen molar-refractivity contribution in [1.29, 1.82) is 0 Å². The van der Waals surface area contributed by atoms with Crippen molar-refractivity contribution in [1.82, 2.24) is 4.57 Å². The van der Waals surface area contributed by atoms with Crippen molar-refractivity contribution < 1.29 is 0 Å². The van der Waals surface area contributed by atoms with Gasteiger partial charge in [-0.2, -0.15) is 0 Å². The van der Waals surface area contributed by atoms with Gasteiger partial charge in [-0.25, -0.2) is 0 Å². The number of hydrogen-bond donors (Lipinski definition) is 0. The van der Waals surface area contributed by atoms with Gasteiger partial charge in [0.05, 0.1) is 16.7 Å². The van der Waals surface area contributed by atoms with E-state index in [1.54, 1.807) is 0 Å². The highest BCUT2D eigenvalue weighted by molar-refractivity contribution is 9.10. The topological polar surface area (TPSA) is 11.4 Å². The maximum absolute atomic E-state index is 3.84. The van der Waals surface area contributed by atoms with Crippen molar-refractivity contribution in [3.63, 3.8) is 0 Å². The smallest absolute Gasteiger partial charge is 0.252 e. The molecule has 0 fully saturated rings. The Bertz CT molecular complexity index is 2390. The molecule has 1 aromatic heterocycles. The first-order chi connectivity index (χ1) is 23.7. The van der Waals surface area contributed by atoms with E-state index in [0.29, 0.717) is 0 Å². The number of anilines is 6. The molecule has 0 N–H and O–H groups in total. The lowest BCUT2D eigenvalue weighted by atomic mass is 9.33. The molecule has 0 bridgehead atoms. The molecule has 0 amide bonds. The lowest BCUT2D eigenvalue weighted by molar-refractivity contribution is 1.16. The van der Waals surface area contributed by atoms with Crippen molar-refractivity contribution in [2.75, 3.05) is 9.80 Å². The predicted octanol–water partition coefficient (Wildman–Crippen LogP) is 10.4. The second-order valence-corrected chi connectivity index (χ2v) is 14.3. The Balaban J connectivity index is 1.38. The zero-order valence-corrected chi connectivity index (χ0v) is 28.9. The first kappa shape index (κ1) is 28.0. The van der Waals surface area contributed by atoms with Gasteiger partial charge < -0.3 is 14.4 Å². The van der Waals surface area contributed by atoms with E-state index in [-0.39, 0.29) is 6.71 Å². The van der Waals surface area contributed by atoms with Gasteiger partial charge >= 0.3 is 0 Å². The van der Waals surface area contributed by atoms with E-state index in [0.717, 1.165) is 26.0 Å². The highest BCUT2D eigenvalue weighted by atomic mass is 79.9. The molecular formula is C42H26BBr2N3. The molecular weight excluding hydrogens is 717 g/mol. The number of benzene rings is 7. The summed E-state index contributed by atoms with van der Waals surface area (Å²) in [5.41, 5.74) is 14.4. The summed E-state index contributed by atoms with van der Waals surface area (Å²) in [4.78, 5) is 4.92. The summed E-state index contributed by atoms with van der Waals surface area (Å²) in [6.45, 7) is 0.0297. The standard InChI is InChI=1S/C42H26BBr2N3/c44-27-19-21-38-34(23-27)43-35-24-28(45)20-22-39(35)47(30-13-5-2-6-14-30)41-26-31(25-40(42(41)43)46(38)29-11-3-1-4-12-29)48-36-17-9-7-15-32(36)33-16-8-10-18-37(33)48/h1-26H. The molecule has 0 spiro atoms. The van der Waals surface area contributed by atoms with E-state index in [1.807, 2.05) is 0 Å². The summed E-state index contributed by atoms with van der Waals surface area (Å²) in [6, 6.07) is 57.4. The average Bonchev–Trinajstić information content (AvgIpc) is 3.46. The quantitative estimate of drug-likeness (QED) is 0.167. The van der Waals surface area contributed by atoms with E-state index >= 15 is 0 Å². The summed E-state index contributed by atoms with van der Waals surface area (Å²) >= 11 is 7.69.